The number of aliphatic imine (C=N–C) groups is 1. The van der Waals surface area contributed by atoms with Crippen LogP contribution < -0.4 is 5.32 Å². The topological polar surface area (TPSA) is 41.5 Å². The first-order chi connectivity index (χ1) is 11.0. The second-order valence-corrected chi connectivity index (χ2v) is 5.24. The van der Waals surface area contributed by atoms with E-state index in [0.29, 0.717) is 5.56 Å². The molecule has 1 amide bonds. The Morgan fingerprint density at radius 3 is 1.78 bits per heavy atom. The zero-order valence-corrected chi connectivity index (χ0v) is 14.6. The summed E-state index contributed by atoms with van der Waals surface area (Å²) < 4.78 is 0. The van der Waals surface area contributed by atoms with Gasteiger partial charge >= 0.3 is 0 Å². The lowest BCUT2D eigenvalue weighted by Crippen LogP contribution is -2.17. The molecule has 0 bridgehead atoms. The number of benzene rings is 2. The molecule has 0 saturated heterocycles. The predicted octanol–water partition coefficient (Wildman–Crippen LogP) is 4.28. The Labute approximate surface area is 143 Å². The van der Waals surface area contributed by atoms with Crippen LogP contribution in [0.15, 0.2) is 58.9 Å². The number of rotatable bonds is 3. The van der Waals surface area contributed by atoms with Crippen LogP contribution >= 0.6 is 12.6 Å². The fourth-order valence-corrected chi connectivity index (χ4v) is 2.01. The molecule has 0 fully saturated rings. The van der Waals surface area contributed by atoms with Crippen LogP contribution in [0.25, 0.3) is 5.70 Å². The summed E-state index contributed by atoms with van der Waals surface area (Å²) in [7, 11) is 1.63. The normalized spacial score (nSPS) is 10.3. The molecule has 0 aliphatic heterocycles. The zero-order valence-electron chi connectivity index (χ0n) is 13.7. The van der Waals surface area contributed by atoms with Crippen LogP contribution in [-0.4, -0.2) is 19.7 Å². The van der Waals surface area contributed by atoms with E-state index in [0.717, 1.165) is 16.8 Å². The number of carbonyl (C=O) groups is 1. The maximum Gasteiger partial charge on any atom is 0.251 e. The van der Waals surface area contributed by atoms with Crippen molar-refractivity contribution in [2.24, 2.45) is 4.99 Å². The standard InChI is InChI=1S/C10H11NS.C9H11NO/c1-8-3-5-9(6-4-8)10(7-12)11-2;1-7-3-5-8(6-4-7)9(11)10-2/h3-7,12H,2H2,1H3;3-6H,1-2H3,(H,10,11)/b10-7-;. The van der Waals surface area contributed by atoms with Crippen LogP contribution in [0.2, 0.25) is 0 Å². The Morgan fingerprint density at radius 1 is 1.00 bits per heavy atom. The van der Waals surface area contributed by atoms with Gasteiger partial charge in [0.1, 0.15) is 0 Å². The fraction of sp³-hybridized carbons (Fsp3) is 0.158. The molecular formula is C19H22N2OS. The van der Waals surface area contributed by atoms with Gasteiger partial charge in [-0.05, 0) is 38.1 Å². The minimum atomic E-state index is -0.0370. The van der Waals surface area contributed by atoms with Gasteiger partial charge in [0.2, 0.25) is 0 Å². The fourth-order valence-electron chi connectivity index (χ4n) is 1.78. The van der Waals surface area contributed by atoms with Gasteiger partial charge in [-0.2, -0.15) is 0 Å². The number of nitrogens with zero attached hydrogens (tertiary/aromatic N) is 1. The average molecular weight is 326 g/mol. The van der Waals surface area contributed by atoms with Crippen molar-refractivity contribution in [3.63, 3.8) is 0 Å². The molecule has 3 nitrogen and oxygen atoms in total. The number of hydrogen-bond donors (Lipinski definition) is 2. The van der Waals surface area contributed by atoms with Gasteiger partial charge in [0.15, 0.2) is 0 Å². The summed E-state index contributed by atoms with van der Waals surface area (Å²) in [4.78, 5) is 14.9. The second-order valence-electron chi connectivity index (χ2n) is 4.98. The Bertz CT molecular complexity index is 674. The molecule has 0 unspecified atom stereocenters. The van der Waals surface area contributed by atoms with Crippen molar-refractivity contribution in [3.8, 4) is 0 Å². The maximum atomic E-state index is 11.0. The van der Waals surface area contributed by atoms with Gasteiger partial charge in [0.05, 0.1) is 5.70 Å². The van der Waals surface area contributed by atoms with Crippen molar-refractivity contribution < 1.29 is 4.79 Å². The predicted molar refractivity (Wildman–Crippen MR) is 102 cm³/mol. The van der Waals surface area contributed by atoms with E-state index in [-0.39, 0.29) is 5.91 Å². The van der Waals surface area contributed by atoms with Crippen LogP contribution in [0, 0.1) is 13.8 Å². The highest BCUT2D eigenvalue weighted by atomic mass is 32.1. The molecule has 0 radical (unpaired) electrons. The summed E-state index contributed by atoms with van der Waals surface area (Å²) in [5.74, 6) is -0.0370. The van der Waals surface area contributed by atoms with E-state index in [1.54, 1.807) is 12.5 Å². The summed E-state index contributed by atoms with van der Waals surface area (Å²) in [5, 5.41) is 4.21. The number of carbonyl (C=O) groups excluding carboxylic acids is 1. The van der Waals surface area contributed by atoms with E-state index in [9.17, 15) is 4.79 Å². The van der Waals surface area contributed by atoms with Crippen molar-refractivity contribution in [2.45, 2.75) is 13.8 Å². The first-order valence-electron chi connectivity index (χ1n) is 7.18. The Kier molecular flexibility index (Phi) is 7.84. The van der Waals surface area contributed by atoms with Crippen molar-refractivity contribution >= 4 is 31.0 Å². The summed E-state index contributed by atoms with van der Waals surface area (Å²) in [6, 6.07) is 15.6. The van der Waals surface area contributed by atoms with Gasteiger partial charge in [0.25, 0.3) is 5.91 Å². The molecule has 2 aromatic rings. The SMILES string of the molecule is C=N/C(=C\S)c1ccc(C)cc1.CNC(=O)c1ccc(C)cc1. The van der Waals surface area contributed by atoms with E-state index in [2.05, 4.69) is 36.6 Å². The molecule has 0 heterocycles. The van der Waals surface area contributed by atoms with E-state index in [1.165, 1.54) is 5.56 Å². The molecule has 0 aromatic heterocycles. The van der Waals surface area contributed by atoms with Crippen LogP contribution in [0.3, 0.4) is 0 Å². The second kappa shape index (κ2) is 9.64. The molecule has 0 saturated carbocycles. The zero-order chi connectivity index (χ0) is 17.2. The highest BCUT2D eigenvalue weighted by Crippen LogP contribution is 2.16. The summed E-state index contributed by atoms with van der Waals surface area (Å²) in [6.45, 7) is 7.51. The molecule has 2 aromatic carbocycles. The molecule has 0 atom stereocenters. The molecule has 0 aliphatic carbocycles. The monoisotopic (exact) mass is 326 g/mol. The molecule has 0 spiro atoms. The molecular weight excluding hydrogens is 304 g/mol. The Morgan fingerprint density at radius 2 is 1.43 bits per heavy atom. The van der Waals surface area contributed by atoms with Gasteiger partial charge in [-0.3, -0.25) is 9.79 Å². The largest absolute Gasteiger partial charge is 0.355 e. The summed E-state index contributed by atoms with van der Waals surface area (Å²) >= 11 is 4.04. The van der Waals surface area contributed by atoms with Gasteiger partial charge in [0, 0.05) is 18.2 Å². The summed E-state index contributed by atoms with van der Waals surface area (Å²) in [5.41, 5.74) is 4.96. The maximum absolute atomic E-state index is 11.0. The summed E-state index contributed by atoms with van der Waals surface area (Å²) in [6.07, 6.45) is 0. The van der Waals surface area contributed by atoms with Crippen LogP contribution in [0.5, 0.6) is 0 Å². The molecule has 1 N–H and O–H groups in total. The van der Waals surface area contributed by atoms with E-state index in [4.69, 9.17) is 0 Å². The first kappa shape index (κ1) is 18.7. The van der Waals surface area contributed by atoms with Crippen molar-refractivity contribution in [1.82, 2.24) is 5.32 Å². The van der Waals surface area contributed by atoms with Crippen LogP contribution in [0.1, 0.15) is 27.0 Å². The molecule has 120 valence electrons. The third-order valence-corrected chi connectivity index (χ3v) is 3.43. The quantitative estimate of drug-likeness (QED) is 0.641. The smallest absolute Gasteiger partial charge is 0.251 e. The van der Waals surface area contributed by atoms with Crippen molar-refractivity contribution in [1.29, 1.82) is 0 Å². The van der Waals surface area contributed by atoms with Gasteiger partial charge < -0.3 is 5.32 Å². The lowest BCUT2D eigenvalue weighted by molar-refractivity contribution is 0.0963. The van der Waals surface area contributed by atoms with Crippen LogP contribution in [-0.2, 0) is 0 Å². The number of hydrogen-bond acceptors (Lipinski definition) is 3. The lowest BCUT2D eigenvalue weighted by Gasteiger charge is -1.99. The van der Waals surface area contributed by atoms with Crippen LogP contribution in [0.4, 0.5) is 0 Å². The third kappa shape index (κ3) is 6.12. The Hall–Kier alpha value is -2.33. The minimum absolute atomic E-state index is 0.0370. The highest BCUT2D eigenvalue weighted by molar-refractivity contribution is 7.83. The van der Waals surface area contributed by atoms with Crippen molar-refractivity contribution in [3.05, 3.63) is 76.2 Å². The van der Waals surface area contributed by atoms with E-state index >= 15 is 0 Å². The van der Waals surface area contributed by atoms with Crippen molar-refractivity contribution in [2.75, 3.05) is 7.05 Å². The average Bonchev–Trinajstić information content (AvgIpc) is 2.58. The number of amides is 1. The number of thiol groups is 1. The molecule has 0 aliphatic rings. The molecule has 2 rings (SSSR count). The number of nitrogens with one attached hydrogen (secondary N) is 1. The highest BCUT2D eigenvalue weighted by Gasteiger charge is 1.99. The first-order valence-corrected chi connectivity index (χ1v) is 7.70. The molecule has 4 heteroatoms. The van der Waals surface area contributed by atoms with Gasteiger partial charge in [-0.15, -0.1) is 12.6 Å². The lowest BCUT2D eigenvalue weighted by atomic mass is 10.1. The van der Waals surface area contributed by atoms with Gasteiger partial charge in [-0.25, -0.2) is 0 Å². The third-order valence-electron chi connectivity index (χ3n) is 3.18. The van der Waals surface area contributed by atoms with E-state index in [1.807, 2.05) is 55.5 Å². The number of aryl methyl sites for hydroxylation is 2. The van der Waals surface area contributed by atoms with E-state index < -0.39 is 0 Å². The Balaban J connectivity index is 0.000000231. The molecule has 23 heavy (non-hydrogen) atoms. The van der Waals surface area contributed by atoms with Gasteiger partial charge in [-0.1, -0.05) is 47.5 Å². The minimum Gasteiger partial charge on any atom is -0.355 e.